The number of nitrogens with zero attached hydrogens (tertiary/aromatic N) is 4. The van der Waals surface area contributed by atoms with Crippen LogP contribution in [0.25, 0.3) is 0 Å². The van der Waals surface area contributed by atoms with Gasteiger partial charge in [-0.15, -0.1) is 0 Å². The third-order valence-corrected chi connectivity index (χ3v) is 3.30. The molecule has 0 radical (unpaired) electrons. The van der Waals surface area contributed by atoms with Crippen molar-refractivity contribution in [1.82, 2.24) is 24.6 Å². The molecule has 0 amide bonds. The number of rotatable bonds is 7. The van der Waals surface area contributed by atoms with E-state index in [1.165, 1.54) is 5.69 Å². The molecule has 5 nitrogen and oxygen atoms in total. The van der Waals surface area contributed by atoms with Crippen molar-refractivity contribution in [2.75, 3.05) is 0 Å². The molecule has 20 heavy (non-hydrogen) atoms. The molecule has 2 aromatic rings. The second-order valence-electron chi connectivity index (χ2n) is 5.37. The summed E-state index contributed by atoms with van der Waals surface area (Å²) in [6, 6.07) is 2.67. The first-order valence-corrected chi connectivity index (χ1v) is 7.42. The van der Waals surface area contributed by atoms with E-state index < -0.39 is 0 Å². The standard InChI is InChI=1S/C15H25N5/c1-5-13-7-15(20(6-2)18-13)10-19-9-14(17-11-19)8-16-12(3)4/h7,9,11-12,16H,5-6,8,10H2,1-4H3. The molecule has 110 valence electrons. The van der Waals surface area contributed by atoms with E-state index in [-0.39, 0.29) is 0 Å². The minimum Gasteiger partial charge on any atom is -0.331 e. The smallest absolute Gasteiger partial charge is 0.0953 e. The summed E-state index contributed by atoms with van der Waals surface area (Å²) in [5.41, 5.74) is 3.48. The Morgan fingerprint density at radius 2 is 2.05 bits per heavy atom. The van der Waals surface area contributed by atoms with Crippen molar-refractivity contribution >= 4 is 0 Å². The van der Waals surface area contributed by atoms with Crippen molar-refractivity contribution < 1.29 is 0 Å². The fourth-order valence-electron chi connectivity index (χ4n) is 2.17. The summed E-state index contributed by atoms with van der Waals surface area (Å²) < 4.78 is 4.20. The van der Waals surface area contributed by atoms with Crippen molar-refractivity contribution in [3.63, 3.8) is 0 Å². The molecule has 0 aliphatic rings. The van der Waals surface area contributed by atoms with Crippen LogP contribution in [0.15, 0.2) is 18.6 Å². The van der Waals surface area contributed by atoms with Gasteiger partial charge in [-0.3, -0.25) is 4.68 Å². The molecule has 0 atom stereocenters. The molecular weight excluding hydrogens is 250 g/mol. The molecule has 0 unspecified atom stereocenters. The summed E-state index contributed by atoms with van der Waals surface area (Å²) in [4.78, 5) is 4.44. The molecule has 5 heteroatoms. The lowest BCUT2D eigenvalue weighted by Crippen LogP contribution is -2.21. The molecule has 0 spiro atoms. The molecule has 0 aromatic carbocycles. The second-order valence-corrected chi connectivity index (χ2v) is 5.37. The van der Waals surface area contributed by atoms with Crippen LogP contribution in [0.3, 0.4) is 0 Å². The predicted molar refractivity (Wildman–Crippen MR) is 80.6 cm³/mol. The Morgan fingerprint density at radius 3 is 2.70 bits per heavy atom. The van der Waals surface area contributed by atoms with E-state index in [2.05, 4.69) is 64.6 Å². The topological polar surface area (TPSA) is 47.7 Å². The van der Waals surface area contributed by atoms with Gasteiger partial charge in [0, 0.05) is 25.3 Å². The first-order chi connectivity index (χ1) is 9.62. The maximum absolute atomic E-state index is 4.58. The van der Waals surface area contributed by atoms with Crippen molar-refractivity contribution in [2.24, 2.45) is 0 Å². The molecule has 2 aromatic heterocycles. The molecule has 2 rings (SSSR count). The van der Waals surface area contributed by atoms with Crippen LogP contribution in [0, 0.1) is 0 Å². The van der Waals surface area contributed by atoms with Crippen molar-refractivity contribution in [1.29, 1.82) is 0 Å². The Kier molecular flexibility index (Phi) is 4.95. The first kappa shape index (κ1) is 14.8. The lowest BCUT2D eigenvalue weighted by molar-refractivity contribution is 0.581. The van der Waals surface area contributed by atoms with Gasteiger partial charge in [0.25, 0.3) is 0 Å². The highest BCUT2D eigenvalue weighted by molar-refractivity contribution is 5.11. The lowest BCUT2D eigenvalue weighted by Gasteiger charge is -2.06. The zero-order valence-electron chi connectivity index (χ0n) is 12.9. The molecule has 0 aliphatic heterocycles. The molecule has 0 aliphatic carbocycles. The molecular formula is C15H25N5. The lowest BCUT2D eigenvalue weighted by atomic mass is 10.3. The van der Waals surface area contributed by atoms with E-state index in [1.807, 2.05) is 6.33 Å². The highest BCUT2D eigenvalue weighted by atomic mass is 15.3. The van der Waals surface area contributed by atoms with Gasteiger partial charge in [-0.2, -0.15) is 5.10 Å². The Bertz CT molecular complexity index is 538. The minimum atomic E-state index is 0.480. The number of hydrogen-bond donors (Lipinski definition) is 1. The van der Waals surface area contributed by atoms with Gasteiger partial charge in [-0.05, 0) is 19.4 Å². The van der Waals surface area contributed by atoms with E-state index in [0.717, 1.165) is 37.4 Å². The Labute approximate surface area is 121 Å². The summed E-state index contributed by atoms with van der Waals surface area (Å²) in [6.07, 6.45) is 4.98. The van der Waals surface area contributed by atoms with Gasteiger partial charge in [0.1, 0.15) is 0 Å². The first-order valence-electron chi connectivity index (χ1n) is 7.42. The van der Waals surface area contributed by atoms with Gasteiger partial charge in [0.05, 0.1) is 30.0 Å². The maximum atomic E-state index is 4.58. The van der Waals surface area contributed by atoms with Gasteiger partial charge < -0.3 is 9.88 Å². The van der Waals surface area contributed by atoms with Gasteiger partial charge >= 0.3 is 0 Å². The quantitative estimate of drug-likeness (QED) is 0.843. The summed E-state index contributed by atoms with van der Waals surface area (Å²) in [5, 5.41) is 7.96. The van der Waals surface area contributed by atoms with Crippen LogP contribution in [-0.2, 0) is 26.1 Å². The fourth-order valence-corrected chi connectivity index (χ4v) is 2.17. The zero-order valence-corrected chi connectivity index (χ0v) is 12.9. The number of hydrogen-bond acceptors (Lipinski definition) is 3. The summed E-state index contributed by atoms with van der Waals surface area (Å²) in [7, 11) is 0. The van der Waals surface area contributed by atoms with Crippen LogP contribution in [0.1, 0.15) is 44.8 Å². The van der Waals surface area contributed by atoms with E-state index in [9.17, 15) is 0 Å². The van der Waals surface area contributed by atoms with Gasteiger partial charge in [0.2, 0.25) is 0 Å². The van der Waals surface area contributed by atoms with E-state index >= 15 is 0 Å². The van der Waals surface area contributed by atoms with E-state index in [0.29, 0.717) is 6.04 Å². The zero-order chi connectivity index (χ0) is 14.5. The largest absolute Gasteiger partial charge is 0.331 e. The third-order valence-electron chi connectivity index (χ3n) is 3.30. The van der Waals surface area contributed by atoms with Crippen LogP contribution in [0.4, 0.5) is 0 Å². The Balaban J connectivity index is 2.04. The highest BCUT2D eigenvalue weighted by Gasteiger charge is 2.07. The van der Waals surface area contributed by atoms with Crippen LogP contribution in [-0.4, -0.2) is 25.4 Å². The number of imidazole rings is 1. The Hall–Kier alpha value is -1.62. The van der Waals surface area contributed by atoms with Gasteiger partial charge in [-0.1, -0.05) is 20.8 Å². The number of aryl methyl sites for hydroxylation is 2. The average molecular weight is 275 g/mol. The van der Waals surface area contributed by atoms with Crippen LogP contribution < -0.4 is 5.32 Å². The predicted octanol–water partition coefficient (Wildman–Crippen LogP) is 2.21. The molecule has 0 saturated carbocycles. The molecule has 0 saturated heterocycles. The monoisotopic (exact) mass is 275 g/mol. The van der Waals surface area contributed by atoms with E-state index in [1.54, 1.807) is 0 Å². The van der Waals surface area contributed by atoms with Gasteiger partial charge in [-0.25, -0.2) is 4.98 Å². The molecule has 0 fully saturated rings. The van der Waals surface area contributed by atoms with Crippen LogP contribution >= 0.6 is 0 Å². The van der Waals surface area contributed by atoms with E-state index in [4.69, 9.17) is 0 Å². The SMILES string of the molecule is CCc1cc(Cn2cnc(CNC(C)C)c2)n(CC)n1. The average Bonchev–Trinajstić information content (AvgIpc) is 3.03. The summed E-state index contributed by atoms with van der Waals surface area (Å²) in [5.74, 6) is 0. The molecule has 2 heterocycles. The summed E-state index contributed by atoms with van der Waals surface area (Å²) >= 11 is 0. The second kappa shape index (κ2) is 6.70. The normalized spacial score (nSPS) is 11.4. The summed E-state index contributed by atoms with van der Waals surface area (Å²) in [6.45, 7) is 11.1. The van der Waals surface area contributed by atoms with Crippen molar-refractivity contribution in [2.45, 2.75) is 59.8 Å². The van der Waals surface area contributed by atoms with Crippen molar-refractivity contribution in [3.05, 3.63) is 35.7 Å². The number of nitrogens with one attached hydrogen (secondary N) is 1. The van der Waals surface area contributed by atoms with Crippen LogP contribution in [0.5, 0.6) is 0 Å². The molecule has 0 bridgehead atoms. The maximum Gasteiger partial charge on any atom is 0.0953 e. The fraction of sp³-hybridized carbons (Fsp3) is 0.600. The number of aromatic nitrogens is 4. The minimum absolute atomic E-state index is 0.480. The van der Waals surface area contributed by atoms with Gasteiger partial charge in [0.15, 0.2) is 0 Å². The highest BCUT2D eigenvalue weighted by Crippen LogP contribution is 2.08. The molecule has 1 N–H and O–H groups in total. The van der Waals surface area contributed by atoms with Crippen LogP contribution in [0.2, 0.25) is 0 Å². The Morgan fingerprint density at radius 1 is 1.25 bits per heavy atom. The van der Waals surface area contributed by atoms with Crippen molar-refractivity contribution in [3.8, 4) is 0 Å². The third kappa shape index (κ3) is 3.70.